The zero-order chi connectivity index (χ0) is 12.4. The van der Waals surface area contributed by atoms with Crippen molar-refractivity contribution < 1.29 is 4.52 Å². The number of hydrogen-bond acceptors (Lipinski definition) is 4. The molecular weight excluding hydrogens is 214 g/mol. The molecule has 2 rings (SSSR count). The highest BCUT2D eigenvalue weighted by Gasteiger charge is 2.12. The van der Waals surface area contributed by atoms with E-state index in [1.807, 2.05) is 26.0 Å². The highest BCUT2D eigenvalue weighted by molar-refractivity contribution is 5.66. The van der Waals surface area contributed by atoms with Crippen LogP contribution in [0.5, 0.6) is 0 Å². The van der Waals surface area contributed by atoms with Crippen LogP contribution in [0.15, 0.2) is 16.7 Å². The van der Waals surface area contributed by atoms with Crippen molar-refractivity contribution in [3.05, 3.63) is 29.1 Å². The van der Waals surface area contributed by atoms with E-state index in [1.54, 1.807) is 0 Å². The van der Waals surface area contributed by atoms with Gasteiger partial charge in [0, 0.05) is 17.7 Å². The molecule has 0 saturated heterocycles. The van der Waals surface area contributed by atoms with E-state index in [-0.39, 0.29) is 0 Å². The summed E-state index contributed by atoms with van der Waals surface area (Å²) in [5.41, 5.74) is 9.76. The van der Waals surface area contributed by atoms with Crippen LogP contribution in [0, 0.1) is 13.8 Å². The quantitative estimate of drug-likeness (QED) is 0.825. The molecule has 0 spiro atoms. The number of nitrogens with two attached hydrogens (primary N) is 1. The Morgan fingerprint density at radius 1 is 1.29 bits per heavy atom. The monoisotopic (exact) mass is 231 g/mol. The molecule has 0 aliphatic carbocycles. The Morgan fingerprint density at radius 2 is 2.06 bits per heavy atom. The van der Waals surface area contributed by atoms with E-state index < -0.39 is 0 Å². The molecule has 0 aliphatic heterocycles. The summed E-state index contributed by atoms with van der Waals surface area (Å²) in [6.07, 6.45) is 1.84. The molecular formula is C13H17N3O. The molecule has 0 saturated carbocycles. The molecule has 0 radical (unpaired) electrons. The van der Waals surface area contributed by atoms with Gasteiger partial charge in [-0.3, -0.25) is 0 Å². The molecule has 1 heterocycles. The Hall–Kier alpha value is -1.84. The molecule has 1 aromatic carbocycles. The van der Waals surface area contributed by atoms with Gasteiger partial charge in [0.25, 0.3) is 5.89 Å². The number of aromatic nitrogens is 2. The Morgan fingerprint density at radius 3 is 2.76 bits per heavy atom. The van der Waals surface area contributed by atoms with Crippen molar-refractivity contribution in [1.29, 1.82) is 0 Å². The van der Waals surface area contributed by atoms with E-state index in [4.69, 9.17) is 10.3 Å². The average Bonchev–Trinajstić information content (AvgIpc) is 2.72. The van der Waals surface area contributed by atoms with Crippen LogP contribution in [0.2, 0.25) is 0 Å². The fourth-order valence-electron chi connectivity index (χ4n) is 1.80. The second kappa shape index (κ2) is 4.57. The van der Waals surface area contributed by atoms with E-state index in [2.05, 4.69) is 17.1 Å². The normalized spacial score (nSPS) is 10.8. The number of nitrogen functional groups attached to an aromatic ring is 1. The number of anilines is 1. The van der Waals surface area contributed by atoms with Crippen molar-refractivity contribution in [3.63, 3.8) is 0 Å². The van der Waals surface area contributed by atoms with Crippen LogP contribution in [-0.2, 0) is 6.42 Å². The summed E-state index contributed by atoms with van der Waals surface area (Å²) < 4.78 is 5.28. The molecule has 0 unspecified atom stereocenters. The summed E-state index contributed by atoms with van der Waals surface area (Å²) in [5, 5.41) is 3.96. The minimum absolute atomic E-state index is 0.557. The second-order valence-corrected chi connectivity index (χ2v) is 4.28. The standard InChI is InChI=1S/C13H17N3O/c1-4-5-12-15-13(17-16-12)11-7-10(14)6-8(2)9(11)3/h6-7H,4-5,14H2,1-3H3. The van der Waals surface area contributed by atoms with Crippen molar-refractivity contribution >= 4 is 5.69 Å². The molecule has 0 atom stereocenters. The van der Waals surface area contributed by atoms with E-state index in [9.17, 15) is 0 Å². The third-order valence-corrected chi connectivity index (χ3v) is 2.86. The molecule has 0 fully saturated rings. The Balaban J connectivity index is 2.44. The van der Waals surface area contributed by atoms with Crippen LogP contribution >= 0.6 is 0 Å². The summed E-state index contributed by atoms with van der Waals surface area (Å²) in [5.74, 6) is 1.31. The van der Waals surface area contributed by atoms with Gasteiger partial charge in [-0.05, 0) is 43.5 Å². The van der Waals surface area contributed by atoms with Crippen LogP contribution in [-0.4, -0.2) is 10.1 Å². The molecule has 0 amide bonds. The van der Waals surface area contributed by atoms with Gasteiger partial charge in [-0.1, -0.05) is 12.1 Å². The first-order valence-corrected chi connectivity index (χ1v) is 5.81. The summed E-state index contributed by atoms with van der Waals surface area (Å²) >= 11 is 0. The zero-order valence-electron chi connectivity index (χ0n) is 10.4. The van der Waals surface area contributed by atoms with E-state index in [0.717, 1.165) is 41.0 Å². The first-order chi connectivity index (χ1) is 8.11. The van der Waals surface area contributed by atoms with Gasteiger partial charge in [0.2, 0.25) is 0 Å². The van der Waals surface area contributed by atoms with Gasteiger partial charge >= 0.3 is 0 Å². The van der Waals surface area contributed by atoms with E-state index in [0.29, 0.717) is 5.89 Å². The molecule has 90 valence electrons. The van der Waals surface area contributed by atoms with Crippen LogP contribution in [0.3, 0.4) is 0 Å². The number of nitrogens with zero attached hydrogens (tertiary/aromatic N) is 2. The number of aryl methyl sites for hydroxylation is 2. The smallest absolute Gasteiger partial charge is 0.258 e. The topological polar surface area (TPSA) is 64.9 Å². The first-order valence-electron chi connectivity index (χ1n) is 5.81. The largest absolute Gasteiger partial charge is 0.399 e. The number of benzene rings is 1. The van der Waals surface area contributed by atoms with Gasteiger partial charge in [-0.15, -0.1) is 0 Å². The summed E-state index contributed by atoms with van der Waals surface area (Å²) in [6, 6.07) is 3.83. The van der Waals surface area contributed by atoms with Crippen molar-refractivity contribution in [3.8, 4) is 11.5 Å². The zero-order valence-corrected chi connectivity index (χ0v) is 10.4. The van der Waals surface area contributed by atoms with Crippen LogP contribution in [0.25, 0.3) is 11.5 Å². The summed E-state index contributed by atoms with van der Waals surface area (Å²) in [7, 11) is 0. The Labute approximate surface area is 101 Å². The van der Waals surface area contributed by atoms with Crippen LogP contribution in [0.1, 0.15) is 30.3 Å². The lowest BCUT2D eigenvalue weighted by atomic mass is 10.0. The van der Waals surface area contributed by atoms with Crippen molar-refractivity contribution in [2.45, 2.75) is 33.6 Å². The van der Waals surface area contributed by atoms with E-state index in [1.165, 1.54) is 0 Å². The molecule has 0 bridgehead atoms. The maximum absolute atomic E-state index is 5.84. The molecule has 2 N–H and O–H groups in total. The predicted octanol–water partition coefficient (Wildman–Crippen LogP) is 2.89. The van der Waals surface area contributed by atoms with E-state index >= 15 is 0 Å². The maximum atomic E-state index is 5.84. The van der Waals surface area contributed by atoms with Crippen LogP contribution < -0.4 is 5.73 Å². The van der Waals surface area contributed by atoms with Gasteiger partial charge in [-0.25, -0.2) is 0 Å². The minimum Gasteiger partial charge on any atom is -0.399 e. The first kappa shape index (κ1) is 11.6. The van der Waals surface area contributed by atoms with Crippen molar-refractivity contribution in [1.82, 2.24) is 10.1 Å². The van der Waals surface area contributed by atoms with Gasteiger partial charge in [-0.2, -0.15) is 4.98 Å². The van der Waals surface area contributed by atoms with Gasteiger partial charge in [0.1, 0.15) is 0 Å². The third-order valence-electron chi connectivity index (χ3n) is 2.86. The lowest BCUT2D eigenvalue weighted by Crippen LogP contribution is -1.93. The SMILES string of the molecule is CCCc1noc(-c2cc(N)cc(C)c2C)n1. The van der Waals surface area contributed by atoms with Crippen LogP contribution in [0.4, 0.5) is 5.69 Å². The minimum atomic E-state index is 0.557. The molecule has 4 heteroatoms. The predicted molar refractivity (Wildman–Crippen MR) is 67.6 cm³/mol. The number of rotatable bonds is 3. The fraction of sp³-hybridized carbons (Fsp3) is 0.385. The van der Waals surface area contributed by atoms with Crippen molar-refractivity contribution in [2.75, 3.05) is 5.73 Å². The Bertz CT molecular complexity index is 531. The fourth-order valence-corrected chi connectivity index (χ4v) is 1.80. The summed E-state index contributed by atoms with van der Waals surface area (Å²) in [6.45, 7) is 6.15. The van der Waals surface area contributed by atoms with Gasteiger partial charge in [0.15, 0.2) is 5.82 Å². The highest BCUT2D eigenvalue weighted by Crippen LogP contribution is 2.27. The molecule has 17 heavy (non-hydrogen) atoms. The van der Waals surface area contributed by atoms with Crippen molar-refractivity contribution in [2.24, 2.45) is 0 Å². The lowest BCUT2D eigenvalue weighted by Gasteiger charge is -2.06. The Kier molecular flexibility index (Phi) is 3.13. The highest BCUT2D eigenvalue weighted by atomic mass is 16.5. The van der Waals surface area contributed by atoms with Gasteiger partial charge in [0.05, 0.1) is 0 Å². The molecule has 4 nitrogen and oxygen atoms in total. The average molecular weight is 231 g/mol. The molecule has 2 aromatic rings. The third kappa shape index (κ3) is 2.30. The lowest BCUT2D eigenvalue weighted by molar-refractivity contribution is 0.422. The maximum Gasteiger partial charge on any atom is 0.258 e. The summed E-state index contributed by atoms with van der Waals surface area (Å²) in [4.78, 5) is 4.38. The molecule has 1 aromatic heterocycles. The number of hydrogen-bond donors (Lipinski definition) is 1. The second-order valence-electron chi connectivity index (χ2n) is 4.28. The van der Waals surface area contributed by atoms with Gasteiger partial charge < -0.3 is 10.3 Å². The molecule has 0 aliphatic rings.